The van der Waals surface area contributed by atoms with E-state index in [4.69, 9.17) is 0 Å². The summed E-state index contributed by atoms with van der Waals surface area (Å²) in [7, 11) is 0. The number of rotatable bonds is 5. The number of amidine groups is 1. The van der Waals surface area contributed by atoms with Crippen molar-refractivity contribution in [3.63, 3.8) is 0 Å². The monoisotopic (exact) mass is 372 g/mol. The predicted molar refractivity (Wildman–Crippen MR) is 97.8 cm³/mol. The van der Waals surface area contributed by atoms with Gasteiger partial charge in [-0.25, -0.2) is 4.39 Å². The van der Waals surface area contributed by atoms with Crippen LogP contribution in [0.2, 0.25) is 0 Å². The molecule has 0 bridgehead atoms. The first-order valence-electron chi connectivity index (χ1n) is 7.60. The van der Waals surface area contributed by atoms with Crippen LogP contribution in [-0.4, -0.2) is 27.5 Å². The fraction of sp³-hybridized carbons (Fsp3) is 0.118. The highest BCUT2D eigenvalue weighted by atomic mass is 32.2. The molecule has 0 saturated carbocycles. The standard InChI is InChI=1S/C17H13FN4O3S/c18-13-7-3-1-6-12(13)10-19-21-17-20-16(23)15(26-17)9-11-5-2-4-8-14(11)22(24)25/h1-8,10,15H,9H2,(H,20,21,23)/b19-10+. The molecular formula is C17H13FN4O3S. The van der Waals surface area contributed by atoms with Gasteiger partial charge in [-0.15, -0.1) is 5.10 Å². The first-order valence-corrected chi connectivity index (χ1v) is 8.48. The number of nitrogens with zero attached hydrogens (tertiary/aromatic N) is 3. The molecular weight excluding hydrogens is 359 g/mol. The van der Waals surface area contributed by atoms with Gasteiger partial charge in [0.2, 0.25) is 5.91 Å². The van der Waals surface area contributed by atoms with Crippen molar-refractivity contribution in [1.29, 1.82) is 0 Å². The maximum Gasteiger partial charge on any atom is 0.272 e. The number of nitrogens with one attached hydrogen (secondary N) is 1. The second kappa shape index (κ2) is 7.87. The van der Waals surface area contributed by atoms with Crippen LogP contribution in [-0.2, 0) is 11.2 Å². The van der Waals surface area contributed by atoms with Crippen molar-refractivity contribution >= 4 is 34.7 Å². The molecule has 132 valence electrons. The normalized spacial score (nSPS) is 18.4. The largest absolute Gasteiger partial charge is 0.303 e. The molecule has 9 heteroatoms. The maximum absolute atomic E-state index is 13.5. The summed E-state index contributed by atoms with van der Waals surface area (Å²) in [5, 5.41) is 21.0. The number of carbonyl (C=O) groups is 1. The quantitative estimate of drug-likeness (QED) is 0.496. The van der Waals surface area contributed by atoms with Crippen molar-refractivity contribution in [2.24, 2.45) is 10.2 Å². The van der Waals surface area contributed by atoms with E-state index in [1.807, 2.05) is 0 Å². The Hall–Kier alpha value is -3.07. The summed E-state index contributed by atoms with van der Waals surface area (Å²) >= 11 is 1.13. The lowest BCUT2D eigenvalue weighted by Crippen LogP contribution is -2.26. The van der Waals surface area contributed by atoms with E-state index in [1.165, 1.54) is 18.3 Å². The zero-order valence-corrected chi connectivity index (χ0v) is 14.1. The third kappa shape index (κ3) is 4.12. The molecule has 0 aliphatic carbocycles. The van der Waals surface area contributed by atoms with E-state index in [0.717, 1.165) is 11.8 Å². The average Bonchev–Trinajstić information content (AvgIpc) is 2.96. The lowest BCUT2D eigenvalue weighted by molar-refractivity contribution is -0.385. The van der Waals surface area contributed by atoms with Crippen molar-refractivity contribution in [3.8, 4) is 0 Å². The molecule has 1 atom stereocenters. The van der Waals surface area contributed by atoms with Crippen molar-refractivity contribution in [2.45, 2.75) is 11.7 Å². The van der Waals surface area contributed by atoms with Crippen LogP contribution in [0.5, 0.6) is 0 Å². The third-order valence-electron chi connectivity index (χ3n) is 3.62. The molecule has 0 aromatic heterocycles. The number of amides is 1. The third-order valence-corrected chi connectivity index (χ3v) is 4.69. The number of para-hydroxylation sites is 1. The van der Waals surface area contributed by atoms with Crippen LogP contribution >= 0.6 is 11.8 Å². The van der Waals surface area contributed by atoms with Crippen LogP contribution in [0.4, 0.5) is 10.1 Å². The Morgan fingerprint density at radius 1 is 1.23 bits per heavy atom. The molecule has 1 aliphatic heterocycles. The number of hydrogen-bond acceptors (Lipinski definition) is 6. The Morgan fingerprint density at radius 3 is 2.73 bits per heavy atom. The Morgan fingerprint density at radius 2 is 1.96 bits per heavy atom. The molecule has 26 heavy (non-hydrogen) atoms. The summed E-state index contributed by atoms with van der Waals surface area (Å²) in [6.07, 6.45) is 1.45. The molecule has 1 fully saturated rings. The lowest BCUT2D eigenvalue weighted by Gasteiger charge is -2.05. The highest BCUT2D eigenvalue weighted by molar-refractivity contribution is 8.15. The SMILES string of the molecule is O=C1N/C(=N\N=C\c2ccccc2F)SC1Cc1ccccc1[N+](=O)[O-]. The van der Waals surface area contributed by atoms with E-state index < -0.39 is 16.0 Å². The predicted octanol–water partition coefficient (Wildman–Crippen LogP) is 2.90. The highest BCUT2D eigenvalue weighted by Crippen LogP contribution is 2.27. The number of thioether (sulfide) groups is 1. The van der Waals surface area contributed by atoms with Crippen molar-refractivity contribution < 1.29 is 14.1 Å². The minimum absolute atomic E-state index is 0.0242. The van der Waals surface area contributed by atoms with Gasteiger partial charge in [-0.1, -0.05) is 48.2 Å². The molecule has 7 nitrogen and oxygen atoms in total. The molecule has 1 amide bonds. The van der Waals surface area contributed by atoms with E-state index in [2.05, 4.69) is 15.5 Å². The number of hydrogen-bond donors (Lipinski definition) is 1. The molecule has 0 spiro atoms. The van der Waals surface area contributed by atoms with Gasteiger partial charge >= 0.3 is 0 Å². The summed E-state index contributed by atoms with van der Waals surface area (Å²) in [5.41, 5.74) is 0.729. The Balaban J connectivity index is 1.69. The zero-order chi connectivity index (χ0) is 18.5. The van der Waals surface area contributed by atoms with Crippen molar-refractivity contribution in [3.05, 3.63) is 75.6 Å². The smallest absolute Gasteiger partial charge is 0.272 e. The number of carbonyl (C=O) groups excluding carboxylic acids is 1. The van der Waals surface area contributed by atoms with Crippen LogP contribution in [0.15, 0.2) is 58.7 Å². The number of nitro benzene ring substituents is 1. The summed E-state index contributed by atoms with van der Waals surface area (Å²) in [5.74, 6) is -0.721. The Labute approximate surface area is 152 Å². The lowest BCUT2D eigenvalue weighted by atomic mass is 10.1. The van der Waals surface area contributed by atoms with Gasteiger partial charge in [-0.05, 0) is 6.07 Å². The van der Waals surface area contributed by atoms with Gasteiger partial charge in [-0.2, -0.15) is 5.10 Å². The van der Waals surface area contributed by atoms with Gasteiger partial charge in [0.15, 0.2) is 5.17 Å². The van der Waals surface area contributed by atoms with Crippen LogP contribution in [0.25, 0.3) is 0 Å². The van der Waals surface area contributed by atoms with Gasteiger partial charge in [0.1, 0.15) is 5.82 Å². The fourth-order valence-corrected chi connectivity index (χ4v) is 3.32. The molecule has 1 heterocycles. The van der Waals surface area contributed by atoms with E-state index in [-0.39, 0.29) is 28.7 Å². The molecule has 1 N–H and O–H groups in total. The van der Waals surface area contributed by atoms with Crippen LogP contribution in [0.1, 0.15) is 11.1 Å². The second-order valence-corrected chi connectivity index (χ2v) is 6.55. The molecule has 1 unspecified atom stereocenters. The Kier molecular flexibility index (Phi) is 5.37. The van der Waals surface area contributed by atoms with Crippen molar-refractivity contribution in [1.82, 2.24) is 5.32 Å². The van der Waals surface area contributed by atoms with E-state index in [9.17, 15) is 19.3 Å². The minimum atomic E-state index is -0.543. The topological polar surface area (TPSA) is 97.0 Å². The zero-order valence-electron chi connectivity index (χ0n) is 13.3. The number of halogens is 1. The minimum Gasteiger partial charge on any atom is -0.303 e. The summed E-state index contributed by atoms with van der Waals surface area (Å²) in [6, 6.07) is 12.4. The molecule has 0 radical (unpaired) electrons. The van der Waals surface area contributed by atoms with Gasteiger partial charge < -0.3 is 5.32 Å². The fourth-order valence-electron chi connectivity index (χ4n) is 2.37. The van der Waals surface area contributed by atoms with E-state index in [1.54, 1.807) is 36.4 Å². The molecule has 1 aliphatic rings. The first-order chi connectivity index (χ1) is 12.5. The van der Waals surface area contributed by atoms with E-state index in [0.29, 0.717) is 5.56 Å². The first kappa shape index (κ1) is 17.7. The molecule has 3 rings (SSSR count). The van der Waals surface area contributed by atoms with E-state index >= 15 is 0 Å². The van der Waals surface area contributed by atoms with Gasteiger partial charge in [0, 0.05) is 23.6 Å². The molecule has 2 aromatic carbocycles. The summed E-state index contributed by atoms with van der Waals surface area (Å²) < 4.78 is 13.5. The second-order valence-electron chi connectivity index (χ2n) is 5.36. The number of benzene rings is 2. The van der Waals surface area contributed by atoms with Gasteiger partial charge in [0.05, 0.1) is 16.4 Å². The summed E-state index contributed by atoms with van der Waals surface area (Å²) in [4.78, 5) is 22.7. The van der Waals surface area contributed by atoms with Gasteiger partial charge in [-0.3, -0.25) is 14.9 Å². The molecule has 1 saturated heterocycles. The highest BCUT2D eigenvalue weighted by Gasteiger charge is 2.32. The number of nitro groups is 1. The Bertz CT molecular complexity index is 916. The summed E-state index contributed by atoms with van der Waals surface area (Å²) in [6.45, 7) is 0. The molecule has 2 aromatic rings. The van der Waals surface area contributed by atoms with Crippen LogP contribution in [0.3, 0.4) is 0 Å². The average molecular weight is 372 g/mol. The van der Waals surface area contributed by atoms with Crippen LogP contribution in [0, 0.1) is 15.9 Å². The van der Waals surface area contributed by atoms with Gasteiger partial charge in [0.25, 0.3) is 5.69 Å². The maximum atomic E-state index is 13.5. The van der Waals surface area contributed by atoms with Crippen molar-refractivity contribution in [2.75, 3.05) is 0 Å². The van der Waals surface area contributed by atoms with Crippen LogP contribution < -0.4 is 5.32 Å².